The molecule has 1 aromatic heterocycles. The first-order valence-corrected chi connectivity index (χ1v) is 7.46. The van der Waals surface area contributed by atoms with E-state index in [1.54, 1.807) is 12.1 Å². The quantitative estimate of drug-likeness (QED) is 0.909. The van der Waals surface area contributed by atoms with Gasteiger partial charge in [-0.05, 0) is 26.0 Å². The fourth-order valence-electron chi connectivity index (χ4n) is 2.26. The highest BCUT2D eigenvalue weighted by Gasteiger charge is 2.13. The van der Waals surface area contributed by atoms with E-state index in [2.05, 4.69) is 24.3 Å². The Morgan fingerprint density at radius 3 is 2.67 bits per heavy atom. The second-order valence-electron chi connectivity index (χ2n) is 5.58. The summed E-state index contributed by atoms with van der Waals surface area (Å²) in [4.78, 5) is 0. The summed E-state index contributed by atoms with van der Waals surface area (Å²) in [6.45, 7) is 9.41. The van der Waals surface area contributed by atoms with Gasteiger partial charge in [-0.1, -0.05) is 31.5 Å². The molecule has 3 nitrogen and oxygen atoms in total. The Kier molecular flexibility index (Phi) is 5.01. The molecule has 0 aliphatic heterocycles. The Morgan fingerprint density at radius 2 is 2.05 bits per heavy atom. The Morgan fingerprint density at radius 1 is 1.33 bits per heavy atom. The molecule has 114 valence electrons. The van der Waals surface area contributed by atoms with Gasteiger partial charge in [0.25, 0.3) is 0 Å². The zero-order chi connectivity index (χ0) is 15.6. The molecule has 1 N–H and O–H groups in total. The Bertz CT molecular complexity index is 635. The molecular formula is C16H21ClFN3. The molecule has 21 heavy (non-hydrogen) atoms. The van der Waals surface area contributed by atoms with Crippen molar-refractivity contribution in [3.8, 4) is 0 Å². The van der Waals surface area contributed by atoms with Crippen LogP contribution in [0.3, 0.4) is 0 Å². The molecule has 2 aromatic rings. The molecule has 0 saturated heterocycles. The number of aromatic nitrogens is 2. The number of halogens is 2. The van der Waals surface area contributed by atoms with E-state index in [0.717, 1.165) is 17.9 Å². The van der Waals surface area contributed by atoms with Gasteiger partial charge < -0.3 is 5.32 Å². The van der Waals surface area contributed by atoms with E-state index < -0.39 is 0 Å². The summed E-state index contributed by atoms with van der Waals surface area (Å²) < 4.78 is 15.7. The number of nitrogens with zero attached hydrogens (tertiary/aromatic N) is 2. The van der Waals surface area contributed by atoms with Crippen LogP contribution in [0.25, 0.3) is 0 Å². The van der Waals surface area contributed by atoms with E-state index in [1.807, 2.05) is 18.5 Å². The van der Waals surface area contributed by atoms with Crippen LogP contribution in [0.1, 0.15) is 36.4 Å². The standard InChI is InChI=1S/C16H21ClFN3/c1-10(2)19-8-15-11(3)20-21(12(15)4)9-13-5-6-14(17)7-16(13)18/h5-7,10,19H,8-9H2,1-4H3. The molecule has 0 radical (unpaired) electrons. The largest absolute Gasteiger partial charge is 0.310 e. The van der Waals surface area contributed by atoms with Gasteiger partial charge in [-0.3, -0.25) is 4.68 Å². The Balaban J connectivity index is 2.23. The third kappa shape index (κ3) is 3.83. The van der Waals surface area contributed by atoms with E-state index in [4.69, 9.17) is 11.6 Å². The van der Waals surface area contributed by atoms with E-state index in [1.165, 1.54) is 11.6 Å². The van der Waals surface area contributed by atoms with Crippen LogP contribution >= 0.6 is 11.6 Å². The molecule has 0 spiro atoms. The molecule has 1 aromatic carbocycles. The van der Waals surface area contributed by atoms with E-state index in [0.29, 0.717) is 23.2 Å². The number of rotatable bonds is 5. The predicted molar refractivity (Wildman–Crippen MR) is 84.2 cm³/mol. The minimum absolute atomic E-state index is 0.295. The van der Waals surface area contributed by atoms with Gasteiger partial charge in [0.1, 0.15) is 5.82 Å². The van der Waals surface area contributed by atoms with Gasteiger partial charge in [-0.25, -0.2) is 4.39 Å². The molecule has 1 heterocycles. The highest BCUT2D eigenvalue weighted by molar-refractivity contribution is 6.30. The summed E-state index contributed by atoms with van der Waals surface area (Å²) in [5.41, 5.74) is 3.82. The molecule has 0 fully saturated rings. The monoisotopic (exact) mass is 309 g/mol. The lowest BCUT2D eigenvalue weighted by molar-refractivity contribution is 0.574. The third-order valence-corrected chi connectivity index (χ3v) is 3.79. The van der Waals surface area contributed by atoms with Crippen LogP contribution in [0.5, 0.6) is 0 Å². The second-order valence-corrected chi connectivity index (χ2v) is 6.01. The molecule has 0 bridgehead atoms. The topological polar surface area (TPSA) is 29.9 Å². The van der Waals surface area contributed by atoms with Crippen molar-refractivity contribution in [2.24, 2.45) is 0 Å². The lowest BCUT2D eigenvalue weighted by Gasteiger charge is -2.09. The molecule has 5 heteroatoms. The summed E-state index contributed by atoms with van der Waals surface area (Å²) in [6.07, 6.45) is 0. The van der Waals surface area contributed by atoms with Crippen molar-refractivity contribution in [1.29, 1.82) is 0 Å². The maximum absolute atomic E-state index is 13.9. The van der Waals surface area contributed by atoms with Gasteiger partial charge in [-0.2, -0.15) is 5.10 Å². The maximum atomic E-state index is 13.9. The van der Waals surface area contributed by atoms with Crippen molar-refractivity contribution in [2.45, 2.75) is 46.8 Å². The average molecular weight is 310 g/mol. The van der Waals surface area contributed by atoms with Crippen molar-refractivity contribution in [3.63, 3.8) is 0 Å². The van der Waals surface area contributed by atoms with Crippen molar-refractivity contribution in [1.82, 2.24) is 15.1 Å². The molecule has 0 aliphatic rings. The number of hydrogen-bond donors (Lipinski definition) is 1. The molecule has 0 amide bonds. The molecule has 0 aliphatic carbocycles. The third-order valence-electron chi connectivity index (χ3n) is 3.55. The lowest BCUT2D eigenvalue weighted by atomic mass is 10.1. The first-order chi connectivity index (χ1) is 9.88. The van der Waals surface area contributed by atoms with Crippen molar-refractivity contribution in [2.75, 3.05) is 0 Å². The van der Waals surface area contributed by atoms with Crippen LogP contribution in [0.4, 0.5) is 4.39 Å². The van der Waals surface area contributed by atoms with Gasteiger partial charge in [0.05, 0.1) is 12.2 Å². The summed E-state index contributed by atoms with van der Waals surface area (Å²) in [7, 11) is 0. The van der Waals surface area contributed by atoms with Crippen LogP contribution in [0, 0.1) is 19.7 Å². The van der Waals surface area contributed by atoms with Crippen LogP contribution < -0.4 is 5.32 Å². The molecule has 0 unspecified atom stereocenters. The summed E-state index contributed by atoms with van der Waals surface area (Å²) in [5.74, 6) is -0.295. The van der Waals surface area contributed by atoms with Crippen LogP contribution in [0.2, 0.25) is 5.02 Å². The summed E-state index contributed by atoms with van der Waals surface area (Å²) >= 11 is 5.78. The van der Waals surface area contributed by atoms with Gasteiger partial charge in [0.15, 0.2) is 0 Å². The maximum Gasteiger partial charge on any atom is 0.129 e. The van der Waals surface area contributed by atoms with Crippen molar-refractivity contribution >= 4 is 11.6 Å². The number of hydrogen-bond acceptors (Lipinski definition) is 2. The number of aryl methyl sites for hydroxylation is 1. The zero-order valence-corrected chi connectivity index (χ0v) is 13.6. The van der Waals surface area contributed by atoms with Gasteiger partial charge >= 0.3 is 0 Å². The Labute approximate surface area is 130 Å². The highest BCUT2D eigenvalue weighted by Crippen LogP contribution is 2.18. The van der Waals surface area contributed by atoms with Gasteiger partial charge in [0, 0.05) is 34.4 Å². The molecule has 2 rings (SSSR count). The summed E-state index contributed by atoms with van der Waals surface area (Å²) in [6, 6.07) is 5.16. The van der Waals surface area contributed by atoms with Gasteiger partial charge in [-0.15, -0.1) is 0 Å². The first kappa shape index (κ1) is 16.0. The SMILES string of the molecule is Cc1nn(Cc2ccc(Cl)cc2F)c(C)c1CNC(C)C. The Hall–Kier alpha value is -1.39. The normalized spacial score (nSPS) is 11.4. The van der Waals surface area contributed by atoms with Crippen LogP contribution in [-0.2, 0) is 13.1 Å². The smallest absolute Gasteiger partial charge is 0.129 e. The minimum Gasteiger partial charge on any atom is -0.310 e. The molecule has 0 saturated carbocycles. The average Bonchev–Trinajstić information content (AvgIpc) is 2.65. The minimum atomic E-state index is -0.295. The van der Waals surface area contributed by atoms with E-state index >= 15 is 0 Å². The highest BCUT2D eigenvalue weighted by atomic mass is 35.5. The van der Waals surface area contributed by atoms with Crippen LogP contribution in [0.15, 0.2) is 18.2 Å². The fraction of sp³-hybridized carbons (Fsp3) is 0.438. The van der Waals surface area contributed by atoms with Crippen LogP contribution in [-0.4, -0.2) is 15.8 Å². The first-order valence-electron chi connectivity index (χ1n) is 7.08. The molecular weight excluding hydrogens is 289 g/mol. The van der Waals surface area contributed by atoms with Gasteiger partial charge in [0.2, 0.25) is 0 Å². The van der Waals surface area contributed by atoms with E-state index in [9.17, 15) is 4.39 Å². The fourth-order valence-corrected chi connectivity index (χ4v) is 2.42. The lowest BCUT2D eigenvalue weighted by Crippen LogP contribution is -2.22. The second kappa shape index (κ2) is 6.58. The predicted octanol–water partition coefficient (Wildman–Crippen LogP) is 3.84. The van der Waals surface area contributed by atoms with Crippen molar-refractivity contribution < 1.29 is 4.39 Å². The zero-order valence-electron chi connectivity index (χ0n) is 12.9. The van der Waals surface area contributed by atoms with Crippen molar-refractivity contribution in [3.05, 3.63) is 51.6 Å². The van der Waals surface area contributed by atoms with E-state index in [-0.39, 0.29) is 5.82 Å². The number of nitrogens with one attached hydrogen (secondary N) is 1. The number of benzene rings is 1. The summed E-state index contributed by atoms with van der Waals surface area (Å²) in [5, 5.41) is 8.33. The molecule has 0 atom stereocenters.